The molecule has 2 unspecified atom stereocenters. The van der Waals surface area contributed by atoms with Gasteiger partial charge in [-0.2, -0.15) is 4.39 Å². The zero-order chi connectivity index (χ0) is 24.8. The van der Waals surface area contributed by atoms with Crippen LogP contribution in [0.15, 0.2) is 54.6 Å². The Labute approximate surface area is 206 Å². The summed E-state index contributed by atoms with van der Waals surface area (Å²) in [5, 5.41) is 0. The molecule has 3 aromatic rings. The molecule has 1 saturated heterocycles. The van der Waals surface area contributed by atoms with Crippen molar-refractivity contribution in [2.24, 2.45) is 0 Å². The lowest BCUT2D eigenvalue weighted by Gasteiger charge is -2.29. The molecular weight excluding hydrogens is 449 g/mol. The number of unbranched alkanes of at least 4 members (excludes halogenated alkanes) is 2. The van der Waals surface area contributed by atoms with Gasteiger partial charge in [0.25, 0.3) is 0 Å². The van der Waals surface area contributed by atoms with Crippen LogP contribution in [0.25, 0.3) is 22.3 Å². The molecule has 0 saturated carbocycles. The van der Waals surface area contributed by atoms with E-state index >= 15 is 4.39 Å². The molecule has 1 aliphatic rings. The maximum Gasteiger partial charge on any atom is 0.201 e. The minimum atomic E-state index is -0.995. The van der Waals surface area contributed by atoms with Gasteiger partial charge < -0.3 is 9.47 Å². The molecule has 0 N–H and O–H groups in total. The Kier molecular flexibility index (Phi) is 8.50. The van der Waals surface area contributed by atoms with Gasteiger partial charge in [0, 0.05) is 11.5 Å². The van der Waals surface area contributed by atoms with Crippen LogP contribution in [-0.2, 0) is 4.74 Å². The summed E-state index contributed by atoms with van der Waals surface area (Å²) < 4.78 is 55.0. The predicted molar refractivity (Wildman–Crippen MR) is 134 cm³/mol. The number of benzene rings is 3. The summed E-state index contributed by atoms with van der Waals surface area (Å²) in [6, 6.07) is 15.3. The second-order valence-electron chi connectivity index (χ2n) is 9.21. The first kappa shape index (κ1) is 25.3. The fourth-order valence-corrected chi connectivity index (χ4v) is 4.80. The minimum Gasteiger partial charge on any atom is -0.491 e. The van der Waals surface area contributed by atoms with E-state index in [4.69, 9.17) is 9.47 Å². The Balaban J connectivity index is 1.44. The first-order chi connectivity index (χ1) is 17.0. The number of ether oxygens (including phenoxy) is 2. The summed E-state index contributed by atoms with van der Waals surface area (Å²) >= 11 is 0. The fourth-order valence-electron chi connectivity index (χ4n) is 4.80. The molecule has 2 atom stereocenters. The van der Waals surface area contributed by atoms with Crippen molar-refractivity contribution in [1.82, 2.24) is 0 Å². The minimum absolute atomic E-state index is 0.0754. The fraction of sp³-hybridized carbons (Fsp3) is 0.400. The van der Waals surface area contributed by atoms with Crippen molar-refractivity contribution in [2.45, 2.75) is 64.4 Å². The van der Waals surface area contributed by atoms with Crippen LogP contribution in [-0.4, -0.2) is 19.3 Å². The summed E-state index contributed by atoms with van der Waals surface area (Å²) in [7, 11) is 0. The molecule has 1 aliphatic heterocycles. The number of hydrogen-bond acceptors (Lipinski definition) is 2. The van der Waals surface area contributed by atoms with Crippen LogP contribution in [0.1, 0.15) is 63.9 Å². The van der Waals surface area contributed by atoms with Crippen molar-refractivity contribution < 1.29 is 22.6 Å². The van der Waals surface area contributed by atoms with Gasteiger partial charge in [0.15, 0.2) is 11.6 Å². The van der Waals surface area contributed by atoms with Crippen LogP contribution in [0.4, 0.5) is 13.2 Å². The molecule has 1 fully saturated rings. The predicted octanol–water partition coefficient (Wildman–Crippen LogP) is 8.68. The number of rotatable bonds is 9. The SMILES string of the molecule is CCCCCC1CCC(c2ccc(-c3ccc(-c4ccc(OCC)c(F)c4F)cc3)cc2F)CO1. The molecule has 4 rings (SSSR count). The van der Waals surface area contributed by atoms with Gasteiger partial charge in [-0.3, -0.25) is 0 Å². The Morgan fingerprint density at radius 2 is 1.57 bits per heavy atom. The Bertz CT molecular complexity index is 1120. The largest absolute Gasteiger partial charge is 0.491 e. The lowest BCUT2D eigenvalue weighted by molar-refractivity contribution is -0.00267. The maximum atomic E-state index is 15.0. The van der Waals surface area contributed by atoms with E-state index in [2.05, 4.69) is 6.92 Å². The van der Waals surface area contributed by atoms with Gasteiger partial charge in [-0.1, -0.05) is 62.6 Å². The van der Waals surface area contributed by atoms with Crippen LogP contribution in [0.2, 0.25) is 0 Å². The summed E-state index contributed by atoms with van der Waals surface area (Å²) in [4.78, 5) is 0. The van der Waals surface area contributed by atoms with Crippen molar-refractivity contribution in [3.63, 3.8) is 0 Å². The molecule has 3 aromatic carbocycles. The highest BCUT2D eigenvalue weighted by Crippen LogP contribution is 2.35. The van der Waals surface area contributed by atoms with Gasteiger partial charge in [0.2, 0.25) is 5.82 Å². The first-order valence-corrected chi connectivity index (χ1v) is 12.6. The van der Waals surface area contributed by atoms with Crippen molar-refractivity contribution in [3.05, 3.63) is 77.6 Å². The molecule has 1 heterocycles. The zero-order valence-corrected chi connectivity index (χ0v) is 20.5. The molecule has 0 spiro atoms. The average molecular weight is 483 g/mol. The lowest BCUT2D eigenvalue weighted by atomic mass is 9.88. The topological polar surface area (TPSA) is 18.5 Å². The zero-order valence-electron chi connectivity index (χ0n) is 20.5. The van der Waals surface area contributed by atoms with Gasteiger partial charge in [-0.05, 0) is 66.6 Å². The van der Waals surface area contributed by atoms with E-state index in [1.54, 1.807) is 37.3 Å². The van der Waals surface area contributed by atoms with Gasteiger partial charge in [-0.25, -0.2) is 8.78 Å². The number of halogens is 3. The lowest BCUT2D eigenvalue weighted by Crippen LogP contribution is -2.25. The third-order valence-corrected chi connectivity index (χ3v) is 6.82. The third-order valence-electron chi connectivity index (χ3n) is 6.82. The standard InChI is InChI=1S/C30H33F3O2/c1-3-5-6-7-24-14-12-23(19-35-24)25-15-13-22(18-27(25)31)20-8-10-21(11-9-20)26-16-17-28(34-4-2)30(33)29(26)32/h8-11,13,15-18,23-24H,3-7,12,14,19H2,1-2H3. The smallest absolute Gasteiger partial charge is 0.201 e. The summed E-state index contributed by atoms with van der Waals surface area (Å²) in [6.07, 6.45) is 6.91. The quantitative estimate of drug-likeness (QED) is 0.284. The molecule has 0 aromatic heterocycles. The van der Waals surface area contributed by atoms with Crippen LogP contribution in [0, 0.1) is 17.5 Å². The first-order valence-electron chi connectivity index (χ1n) is 12.6. The van der Waals surface area contributed by atoms with Gasteiger partial charge in [0.1, 0.15) is 5.82 Å². The molecule has 5 heteroatoms. The molecule has 0 bridgehead atoms. The molecular formula is C30H33F3O2. The summed E-state index contributed by atoms with van der Waals surface area (Å²) in [6.45, 7) is 4.73. The summed E-state index contributed by atoms with van der Waals surface area (Å²) in [5.41, 5.74) is 2.94. The second-order valence-corrected chi connectivity index (χ2v) is 9.21. The van der Waals surface area contributed by atoms with E-state index in [9.17, 15) is 8.78 Å². The van der Waals surface area contributed by atoms with Crippen molar-refractivity contribution in [2.75, 3.05) is 13.2 Å². The highest BCUT2D eigenvalue weighted by Gasteiger charge is 2.25. The van der Waals surface area contributed by atoms with E-state index in [1.807, 2.05) is 12.1 Å². The van der Waals surface area contributed by atoms with Crippen LogP contribution < -0.4 is 4.74 Å². The molecule has 35 heavy (non-hydrogen) atoms. The Hall–Kier alpha value is -2.79. The van der Waals surface area contributed by atoms with E-state index in [-0.39, 0.29) is 29.7 Å². The van der Waals surface area contributed by atoms with Gasteiger partial charge in [-0.15, -0.1) is 0 Å². The van der Waals surface area contributed by atoms with Crippen molar-refractivity contribution in [3.8, 4) is 28.0 Å². The molecule has 0 amide bonds. The van der Waals surface area contributed by atoms with Crippen LogP contribution >= 0.6 is 0 Å². The van der Waals surface area contributed by atoms with E-state index in [0.29, 0.717) is 23.8 Å². The van der Waals surface area contributed by atoms with Crippen molar-refractivity contribution >= 4 is 0 Å². The van der Waals surface area contributed by atoms with Crippen LogP contribution in [0.3, 0.4) is 0 Å². The molecule has 0 radical (unpaired) electrons. The maximum absolute atomic E-state index is 15.0. The van der Waals surface area contributed by atoms with E-state index in [0.717, 1.165) is 30.4 Å². The average Bonchev–Trinajstić information content (AvgIpc) is 2.88. The highest BCUT2D eigenvalue weighted by atomic mass is 19.2. The normalized spacial score (nSPS) is 18.0. The number of hydrogen-bond donors (Lipinski definition) is 0. The molecule has 186 valence electrons. The Morgan fingerprint density at radius 1 is 0.829 bits per heavy atom. The van der Waals surface area contributed by atoms with Crippen LogP contribution in [0.5, 0.6) is 5.75 Å². The molecule has 0 aliphatic carbocycles. The second kappa shape index (κ2) is 11.8. The Morgan fingerprint density at radius 3 is 2.23 bits per heavy atom. The van der Waals surface area contributed by atoms with Gasteiger partial charge in [0.05, 0.1) is 19.3 Å². The monoisotopic (exact) mass is 482 g/mol. The van der Waals surface area contributed by atoms with E-state index in [1.165, 1.54) is 31.4 Å². The van der Waals surface area contributed by atoms with E-state index < -0.39 is 11.6 Å². The van der Waals surface area contributed by atoms with Crippen molar-refractivity contribution in [1.29, 1.82) is 0 Å². The molecule has 2 nitrogen and oxygen atoms in total. The third kappa shape index (κ3) is 5.90. The summed E-state index contributed by atoms with van der Waals surface area (Å²) in [5.74, 6) is -2.20. The highest BCUT2D eigenvalue weighted by molar-refractivity contribution is 5.71. The van der Waals surface area contributed by atoms with Gasteiger partial charge >= 0.3 is 0 Å².